The van der Waals surface area contributed by atoms with Crippen molar-refractivity contribution in [3.05, 3.63) is 137 Å². The molecular weight excluding hydrogens is 496 g/mol. The summed E-state index contributed by atoms with van der Waals surface area (Å²) in [7, 11) is 1.63. The summed E-state index contributed by atoms with van der Waals surface area (Å²) in [6, 6.07) is 36.3. The summed E-state index contributed by atoms with van der Waals surface area (Å²) in [5.74, 6) is 1.23. The van der Waals surface area contributed by atoms with Crippen molar-refractivity contribution in [2.45, 2.75) is 44.6 Å². The maximum atomic E-state index is 10.7. The van der Waals surface area contributed by atoms with E-state index in [1.165, 1.54) is 22.3 Å². The highest BCUT2D eigenvalue weighted by Gasteiger charge is 2.25. The van der Waals surface area contributed by atoms with Gasteiger partial charge in [0, 0.05) is 36.0 Å². The second-order valence-electron chi connectivity index (χ2n) is 10.5. The van der Waals surface area contributed by atoms with E-state index in [0.29, 0.717) is 13.2 Å². The minimum atomic E-state index is -0.750. The molecule has 0 saturated heterocycles. The Morgan fingerprint density at radius 3 is 1.48 bits per heavy atom. The average Bonchev–Trinajstić information content (AvgIpc) is 3.02. The largest absolute Gasteiger partial charge is 0.490 e. The highest BCUT2D eigenvalue weighted by Crippen LogP contribution is 2.42. The number of rotatable bonds is 14. The highest BCUT2D eigenvalue weighted by atomic mass is 16.5. The van der Waals surface area contributed by atoms with Crippen LogP contribution in [0.25, 0.3) is 0 Å². The molecule has 0 spiro atoms. The van der Waals surface area contributed by atoms with Gasteiger partial charge < -0.3 is 19.3 Å². The highest BCUT2D eigenvalue weighted by molar-refractivity contribution is 5.54. The van der Waals surface area contributed by atoms with Crippen LogP contribution in [-0.4, -0.2) is 44.7 Å². The smallest absolute Gasteiger partial charge is 0.127 e. The third kappa shape index (κ3) is 7.60. The number of benzene rings is 4. The summed E-state index contributed by atoms with van der Waals surface area (Å²) in [5.41, 5.74) is 7.21. The summed E-state index contributed by atoms with van der Waals surface area (Å²) in [5, 5.41) is 10.7. The number of aliphatic hydroxyl groups is 1. The third-order valence-corrected chi connectivity index (χ3v) is 7.66. The van der Waals surface area contributed by atoms with Gasteiger partial charge in [0.1, 0.15) is 18.5 Å². The van der Waals surface area contributed by atoms with E-state index in [0.717, 1.165) is 16.9 Å². The van der Waals surface area contributed by atoms with Crippen LogP contribution < -0.4 is 4.74 Å². The lowest BCUT2D eigenvalue weighted by molar-refractivity contribution is -0.00448. The lowest BCUT2D eigenvalue weighted by atomic mass is 9.81. The predicted octanol–water partition coefficient (Wildman–Crippen LogP) is 7.54. The van der Waals surface area contributed by atoms with Crippen LogP contribution in [0.2, 0.25) is 0 Å². The monoisotopic (exact) mass is 538 g/mol. The van der Waals surface area contributed by atoms with Crippen LogP contribution in [0.3, 0.4) is 0 Å². The minimum absolute atomic E-state index is 0.0935. The van der Waals surface area contributed by atoms with Crippen LogP contribution >= 0.6 is 0 Å². The lowest BCUT2D eigenvalue weighted by Gasteiger charge is -2.27. The second-order valence-corrected chi connectivity index (χ2v) is 10.5. The van der Waals surface area contributed by atoms with E-state index < -0.39 is 6.10 Å². The number of methoxy groups -OCH3 is 1. The molecule has 4 rings (SSSR count). The average molecular weight is 539 g/mol. The molecule has 4 nitrogen and oxygen atoms in total. The predicted molar refractivity (Wildman–Crippen MR) is 163 cm³/mol. The van der Waals surface area contributed by atoms with E-state index in [1.54, 1.807) is 7.11 Å². The van der Waals surface area contributed by atoms with E-state index in [1.807, 2.05) is 12.1 Å². The molecule has 4 atom stereocenters. The molecule has 0 bridgehead atoms. The van der Waals surface area contributed by atoms with Crippen molar-refractivity contribution >= 4 is 0 Å². The summed E-state index contributed by atoms with van der Waals surface area (Å²) in [6.45, 7) is 7.99. The fourth-order valence-corrected chi connectivity index (χ4v) is 5.12. The molecule has 1 N–H and O–H groups in total. The zero-order chi connectivity index (χ0) is 28.3. The van der Waals surface area contributed by atoms with Gasteiger partial charge in [0.15, 0.2) is 0 Å². The maximum absolute atomic E-state index is 10.7. The fraction of sp³-hybridized carbons (Fsp3) is 0.333. The van der Waals surface area contributed by atoms with E-state index in [4.69, 9.17) is 14.2 Å². The van der Waals surface area contributed by atoms with Gasteiger partial charge in [0.2, 0.25) is 0 Å². The molecule has 0 aliphatic rings. The molecule has 0 fully saturated rings. The molecule has 4 unspecified atom stereocenters. The molecule has 0 heterocycles. The fourth-order valence-electron chi connectivity index (χ4n) is 5.12. The van der Waals surface area contributed by atoms with E-state index >= 15 is 0 Å². The molecule has 0 amide bonds. The Labute approximate surface area is 239 Å². The normalized spacial score (nSPS) is 14.3. The van der Waals surface area contributed by atoms with Crippen LogP contribution in [0, 0.1) is 0 Å². The Morgan fingerprint density at radius 2 is 1.02 bits per heavy atom. The summed E-state index contributed by atoms with van der Waals surface area (Å²) >= 11 is 0. The van der Waals surface area contributed by atoms with Gasteiger partial charge >= 0.3 is 0 Å². The zero-order valence-electron chi connectivity index (χ0n) is 24.1. The van der Waals surface area contributed by atoms with Crippen molar-refractivity contribution in [1.82, 2.24) is 0 Å². The molecule has 0 saturated carbocycles. The van der Waals surface area contributed by atoms with Gasteiger partial charge in [-0.15, -0.1) is 0 Å². The van der Waals surface area contributed by atoms with Gasteiger partial charge in [-0.2, -0.15) is 0 Å². The van der Waals surface area contributed by atoms with Crippen LogP contribution in [0.5, 0.6) is 5.75 Å². The second kappa shape index (κ2) is 14.8. The van der Waals surface area contributed by atoms with Crippen molar-refractivity contribution in [2.75, 3.05) is 33.5 Å². The van der Waals surface area contributed by atoms with Gasteiger partial charge in [-0.3, -0.25) is 0 Å². The van der Waals surface area contributed by atoms with Crippen molar-refractivity contribution in [3.63, 3.8) is 0 Å². The quantitative estimate of drug-likeness (QED) is 0.168. The Balaban J connectivity index is 1.79. The van der Waals surface area contributed by atoms with E-state index in [-0.39, 0.29) is 31.0 Å². The summed E-state index contributed by atoms with van der Waals surface area (Å²) in [4.78, 5) is 0. The number of hydrogen-bond acceptors (Lipinski definition) is 4. The lowest BCUT2D eigenvalue weighted by Crippen LogP contribution is -2.25. The molecule has 0 aliphatic heterocycles. The molecule has 40 heavy (non-hydrogen) atoms. The Hall–Kier alpha value is -3.44. The minimum Gasteiger partial charge on any atom is -0.490 e. The third-order valence-electron chi connectivity index (χ3n) is 7.66. The maximum Gasteiger partial charge on any atom is 0.127 e. The standard InChI is InChI=1S/C36H42O4/c1-26(29-14-8-5-9-15-29)32-22-34(27(2)30-16-10-6-11-17-30)36(40-25-33(37)24-39-21-20-38-4)35(23-32)28(3)31-18-12-7-13-19-31/h5-19,22-23,26-28,33,37H,20-21,24-25H2,1-4H3. The van der Waals surface area contributed by atoms with Gasteiger partial charge in [-0.1, -0.05) is 124 Å². The van der Waals surface area contributed by atoms with Gasteiger partial charge in [-0.25, -0.2) is 0 Å². The number of hydrogen-bond donors (Lipinski definition) is 1. The van der Waals surface area contributed by atoms with Crippen LogP contribution in [0.1, 0.15) is 71.9 Å². The molecule has 210 valence electrons. The summed E-state index contributed by atoms with van der Waals surface area (Å²) < 4.78 is 17.2. The Morgan fingerprint density at radius 1 is 0.575 bits per heavy atom. The Kier molecular flexibility index (Phi) is 10.9. The number of aliphatic hydroxyl groups excluding tert-OH is 1. The first-order chi connectivity index (χ1) is 19.5. The first kappa shape index (κ1) is 29.5. The van der Waals surface area contributed by atoms with Crippen LogP contribution in [0.15, 0.2) is 103 Å². The van der Waals surface area contributed by atoms with Gasteiger partial charge in [0.25, 0.3) is 0 Å². The van der Waals surface area contributed by atoms with E-state index in [9.17, 15) is 5.11 Å². The van der Waals surface area contributed by atoms with Gasteiger partial charge in [-0.05, 0) is 22.3 Å². The molecule has 4 heteroatoms. The van der Waals surface area contributed by atoms with Gasteiger partial charge in [0.05, 0.1) is 19.8 Å². The first-order valence-corrected chi connectivity index (χ1v) is 14.2. The zero-order valence-corrected chi connectivity index (χ0v) is 24.1. The summed E-state index contributed by atoms with van der Waals surface area (Å²) in [6.07, 6.45) is -0.750. The topological polar surface area (TPSA) is 47.9 Å². The van der Waals surface area contributed by atoms with Crippen molar-refractivity contribution in [1.29, 1.82) is 0 Å². The van der Waals surface area contributed by atoms with Crippen LogP contribution in [-0.2, 0) is 9.47 Å². The van der Waals surface area contributed by atoms with E-state index in [2.05, 4.69) is 112 Å². The van der Waals surface area contributed by atoms with Crippen LogP contribution in [0.4, 0.5) is 0 Å². The molecule has 4 aromatic carbocycles. The SMILES string of the molecule is COCCOCC(O)COc1c(C(C)c2ccccc2)cc(C(C)c2ccccc2)cc1C(C)c1ccccc1. The first-order valence-electron chi connectivity index (χ1n) is 14.2. The molecule has 4 aromatic rings. The molecule has 0 aromatic heterocycles. The molecule has 0 radical (unpaired) electrons. The van der Waals surface area contributed by atoms with Crippen molar-refractivity contribution < 1.29 is 19.3 Å². The van der Waals surface area contributed by atoms with Crippen molar-refractivity contribution in [3.8, 4) is 5.75 Å². The Bertz CT molecular complexity index is 1220. The molecular formula is C36H42O4. The number of ether oxygens (including phenoxy) is 3. The van der Waals surface area contributed by atoms with Crippen molar-refractivity contribution in [2.24, 2.45) is 0 Å². The molecule has 0 aliphatic carbocycles.